The summed E-state index contributed by atoms with van der Waals surface area (Å²) in [5.74, 6) is 12.4. The first kappa shape index (κ1) is 91.9. The summed E-state index contributed by atoms with van der Waals surface area (Å²) in [7, 11) is 1.67. The van der Waals surface area contributed by atoms with Gasteiger partial charge in [0, 0.05) is 65.4 Å². The van der Waals surface area contributed by atoms with Gasteiger partial charge in [-0.15, -0.1) is 48.6 Å². The van der Waals surface area contributed by atoms with Crippen LogP contribution in [0.4, 0.5) is 0 Å². The highest BCUT2D eigenvalue weighted by Crippen LogP contribution is 2.41. The van der Waals surface area contributed by atoms with E-state index in [1.54, 1.807) is 38.6 Å². The average Bonchev–Trinajstić information content (AvgIpc) is 1.52. The molecule has 17 aromatic rings. The minimum Gasteiger partial charge on any atom is -0.512 e. The summed E-state index contributed by atoms with van der Waals surface area (Å²) in [6.07, 6.45) is 9.11. The molecule has 1 fully saturated rings. The van der Waals surface area contributed by atoms with E-state index in [-0.39, 0.29) is 34.8 Å². The molecule has 12 aromatic heterocycles. The molecule has 1 aliphatic carbocycles. The van der Waals surface area contributed by atoms with E-state index >= 15 is 0 Å². The molecule has 19 rings (SSSR count). The van der Waals surface area contributed by atoms with Crippen molar-refractivity contribution in [2.75, 3.05) is 35.9 Å². The smallest absolute Gasteiger partial charge is 0.251 e. The molecular formula is C93H84ClN19O12S6. The van der Waals surface area contributed by atoms with E-state index in [1.807, 2.05) is 156 Å². The van der Waals surface area contributed by atoms with Crippen LogP contribution in [0, 0.1) is 5.92 Å². The van der Waals surface area contributed by atoms with Crippen molar-refractivity contribution in [3.63, 3.8) is 0 Å². The molecule has 31 nitrogen and oxygen atoms in total. The maximum Gasteiger partial charge on any atom is 0.251 e. The minimum atomic E-state index is -0.0403. The van der Waals surface area contributed by atoms with Crippen LogP contribution in [-0.4, -0.2) is 166 Å². The lowest BCUT2D eigenvalue weighted by atomic mass is 9.99. The SMILES string of the molecule is C=C(O)CSC1=NN=C(c2ccc(-c3ccc(Cl)s3)o2)C1.C=C(O)CSc1n[nH]c(-c2cc(-c3ccccc3)c(-c3ccc4cc(OC)ccc4c3)o2)n1.C=C(O)CSc1n[nH]c(-c2ccc(-c3ccc(C(=O)NC4CC4)cc3)o2)n1.CC(=O)CSc1n[nH]c(-c2ccc(-c3ccc4nccnc4c3)o2)n1.CC(=O)CSc1n[nH]c(-c2ccc(-c3ccn(CCC(C)C)n3)o2)n1. The van der Waals surface area contributed by atoms with Gasteiger partial charge in [0.15, 0.2) is 57.9 Å². The van der Waals surface area contributed by atoms with Gasteiger partial charge < -0.3 is 47.5 Å². The second kappa shape index (κ2) is 43.5. The number of ketones is 2. The van der Waals surface area contributed by atoms with Gasteiger partial charge in [0.05, 0.1) is 73.4 Å². The normalized spacial score (nSPS) is 12.1. The number of nitrogens with zero attached hydrogens (tertiary/aromatic N) is 14. The molecule has 0 bridgehead atoms. The Bertz CT molecular complexity index is 6950. The Morgan fingerprint density at radius 2 is 1.05 bits per heavy atom. The summed E-state index contributed by atoms with van der Waals surface area (Å²) in [6.45, 7) is 18.7. The molecule has 13 heterocycles. The van der Waals surface area contributed by atoms with Crippen LogP contribution in [0.2, 0.25) is 4.34 Å². The summed E-state index contributed by atoms with van der Waals surface area (Å²) in [6, 6.07) is 58.3. The molecular weight excluding hydrogens is 1800 g/mol. The molecule has 131 heavy (non-hydrogen) atoms. The number of benzene rings is 5. The number of rotatable bonds is 31. The van der Waals surface area contributed by atoms with Crippen LogP contribution < -0.4 is 10.1 Å². The van der Waals surface area contributed by atoms with E-state index in [2.05, 4.69) is 149 Å². The highest BCUT2D eigenvalue weighted by molar-refractivity contribution is 8.14. The Labute approximate surface area is 779 Å². The fourth-order valence-corrected chi connectivity index (χ4v) is 16.4. The summed E-state index contributed by atoms with van der Waals surface area (Å²) >= 11 is 14.0. The van der Waals surface area contributed by atoms with Crippen molar-refractivity contribution < 1.29 is 56.5 Å². The number of aromatic amines is 4. The minimum absolute atomic E-state index is 0.0403. The van der Waals surface area contributed by atoms with E-state index in [4.69, 9.17) is 48.6 Å². The molecule has 1 amide bonds. The third-order valence-corrected chi connectivity index (χ3v) is 25.0. The summed E-state index contributed by atoms with van der Waals surface area (Å²) in [4.78, 5) is 61.2. The van der Waals surface area contributed by atoms with Gasteiger partial charge in [0.25, 0.3) is 5.91 Å². The van der Waals surface area contributed by atoms with E-state index in [0.29, 0.717) is 143 Å². The molecule has 0 radical (unpaired) electrons. The van der Waals surface area contributed by atoms with Crippen molar-refractivity contribution in [1.82, 2.24) is 85.8 Å². The lowest BCUT2D eigenvalue weighted by Gasteiger charge is -2.06. The second-order valence-corrected chi connectivity index (χ2v) is 36.3. The molecule has 0 atom stereocenters. The largest absolute Gasteiger partial charge is 0.512 e. The maximum atomic E-state index is 12.1. The number of carbonyl (C=O) groups excluding carboxylic acids is 3. The summed E-state index contributed by atoms with van der Waals surface area (Å²) < 4.78 is 37.7. The molecule has 0 saturated heterocycles. The second-order valence-electron chi connectivity index (χ2n) is 29.8. The average molecular weight is 1890 g/mol. The topological polar surface area (TPSA) is 433 Å². The number of H-pyrrole nitrogens is 4. The molecule has 0 spiro atoms. The summed E-state index contributed by atoms with van der Waals surface area (Å²) in [5.41, 5.74) is 8.61. The Morgan fingerprint density at radius 1 is 0.527 bits per heavy atom. The number of Topliss-reactive ketones (excluding diaryl/α,β-unsaturated/α-hetero) is 2. The zero-order valence-electron chi connectivity index (χ0n) is 71.0. The van der Waals surface area contributed by atoms with Crippen molar-refractivity contribution >= 4 is 132 Å². The Hall–Kier alpha value is -13.8. The maximum absolute atomic E-state index is 12.1. The zero-order chi connectivity index (χ0) is 91.4. The van der Waals surface area contributed by atoms with Crippen LogP contribution in [-0.2, 0) is 16.1 Å². The Kier molecular flexibility index (Phi) is 30.5. The fourth-order valence-electron chi connectivity index (χ4n) is 12.4. The van der Waals surface area contributed by atoms with Crippen LogP contribution in [0.5, 0.6) is 5.75 Å². The number of furan rings is 5. The number of aliphatic hydroxyl groups is 3. The van der Waals surface area contributed by atoms with Crippen molar-refractivity contribution in [3.05, 3.63) is 253 Å². The zero-order valence-corrected chi connectivity index (χ0v) is 76.7. The van der Waals surface area contributed by atoms with Crippen LogP contribution in [0.15, 0.2) is 291 Å². The molecule has 5 aromatic carbocycles. The number of methoxy groups -OCH3 is 1. The number of thioether (sulfide) groups is 5. The van der Waals surface area contributed by atoms with Gasteiger partial charge in [-0.2, -0.15) is 30.1 Å². The number of halogens is 1. The molecule has 1 aliphatic heterocycles. The molecule has 666 valence electrons. The fraction of sp³-hybridized carbons (Fsp3) is 0.183. The highest BCUT2D eigenvalue weighted by atomic mass is 35.5. The number of ether oxygens (including phenoxy) is 1. The molecule has 2 aliphatic rings. The van der Waals surface area contributed by atoms with E-state index < -0.39 is 0 Å². The van der Waals surface area contributed by atoms with Crippen LogP contribution in [0.25, 0.3) is 135 Å². The van der Waals surface area contributed by atoms with Crippen molar-refractivity contribution in [2.45, 2.75) is 86.6 Å². The highest BCUT2D eigenvalue weighted by Gasteiger charge is 2.26. The van der Waals surface area contributed by atoms with Crippen LogP contribution in [0.3, 0.4) is 0 Å². The van der Waals surface area contributed by atoms with E-state index in [9.17, 15) is 19.5 Å². The number of nitrogens with one attached hydrogen (secondary N) is 5. The third kappa shape index (κ3) is 25.4. The molecule has 0 unspecified atom stereocenters. The lowest BCUT2D eigenvalue weighted by molar-refractivity contribution is -0.115. The van der Waals surface area contributed by atoms with Crippen molar-refractivity contribution in [1.29, 1.82) is 0 Å². The van der Waals surface area contributed by atoms with Gasteiger partial charge in [0.1, 0.15) is 56.8 Å². The van der Waals surface area contributed by atoms with Crippen LogP contribution >= 0.6 is 81.7 Å². The Balaban J connectivity index is 0.000000126. The first-order valence-corrected chi connectivity index (χ1v) is 46.8. The van der Waals surface area contributed by atoms with Crippen molar-refractivity contribution in [2.24, 2.45) is 16.1 Å². The van der Waals surface area contributed by atoms with E-state index in [0.717, 1.165) is 118 Å². The number of aliphatic hydroxyl groups excluding tert-OH is 3. The predicted octanol–water partition coefficient (Wildman–Crippen LogP) is 22.5. The number of fused-ring (bicyclic) bond motifs is 2. The first-order valence-electron chi connectivity index (χ1n) is 40.7. The Morgan fingerprint density at radius 3 is 1.63 bits per heavy atom. The van der Waals surface area contributed by atoms with Gasteiger partial charge in [-0.3, -0.25) is 49.4 Å². The third-order valence-electron chi connectivity index (χ3n) is 18.9. The quantitative estimate of drug-likeness (QED) is 0.0148. The van der Waals surface area contributed by atoms with Gasteiger partial charge in [-0.05, 0) is 177 Å². The number of thiophene rings is 1. The standard InChI is InChI=1S/C26H21N3O3S.C19H18N4O3S.C17H13N5O2S.C17H21N5O2S.C14H11ClN2O2S2/c1-16(30)15-33-26-27-25(28-29-26)23-14-22(17-6-4-3-5-7-17)24(32-23)20-9-8-19-13-21(31-2)11-10-18(19)12-20;1-11(24)10-27-19-21-17(22-23-19)16-9-8-15(26-16)12-2-4-13(5-3-12)18(25)20-14-6-7-14;1-10(23)9-25-17-20-16(21-22-17)15-5-4-14(24-15)11-2-3-12-13(8-11)19-7-6-18-12;1-11(2)6-8-22-9-7-13(21-22)14-4-5-15(24-14)16-18-17(20-19-16)25-10-12(3)23;1-8(18)7-20-14-6-9(16-17-14)10-2-3-11(19-10)12-4-5-13(15)21-12/h3-14,30H,1,15H2,2H3,(H,27,28,29);2-5,8-9,14,24H,1,6-7,10H2,(H,20,25)(H,21,22,23);2-8H,9H2,1H3,(H,20,21,22);4-5,7,9,11H,6,8,10H2,1-3H3,(H,18,19,20);2-5,18H,1,6-7H2. The van der Waals surface area contributed by atoms with Gasteiger partial charge in [-0.1, -0.05) is 153 Å². The van der Waals surface area contributed by atoms with Crippen molar-refractivity contribution in [3.8, 4) is 119 Å². The molecule has 8 N–H and O–H groups in total. The number of hydrogen-bond donors (Lipinski definition) is 8. The first-order chi connectivity index (χ1) is 63.5. The number of amides is 1. The number of carbonyl (C=O) groups is 3. The molecule has 38 heteroatoms. The summed E-state index contributed by atoms with van der Waals surface area (Å²) in [5, 5.41) is 76.3. The number of aromatic nitrogens is 16. The number of aryl methyl sites for hydroxylation is 1. The van der Waals surface area contributed by atoms with Gasteiger partial charge >= 0.3 is 0 Å². The predicted molar refractivity (Wildman–Crippen MR) is 514 cm³/mol. The van der Waals surface area contributed by atoms with E-state index in [1.165, 1.54) is 77.1 Å². The van der Waals surface area contributed by atoms with Gasteiger partial charge in [-0.25, -0.2) is 0 Å². The monoisotopic (exact) mass is 1890 g/mol. The molecule has 1 saturated carbocycles. The van der Waals surface area contributed by atoms with Crippen LogP contribution in [0.1, 0.15) is 69.5 Å². The van der Waals surface area contributed by atoms with Gasteiger partial charge in [0.2, 0.25) is 20.6 Å². The lowest BCUT2D eigenvalue weighted by Crippen LogP contribution is -2.25. The number of hydrogen-bond acceptors (Lipinski definition) is 31.